The third-order valence-corrected chi connectivity index (χ3v) is 4.80. The highest BCUT2D eigenvalue weighted by molar-refractivity contribution is 9.11. The Morgan fingerprint density at radius 1 is 1.44 bits per heavy atom. The second-order valence-electron chi connectivity index (χ2n) is 4.37. The predicted octanol–water partition coefficient (Wildman–Crippen LogP) is 3.63. The van der Waals surface area contributed by atoms with Gasteiger partial charge in [0.1, 0.15) is 0 Å². The van der Waals surface area contributed by atoms with E-state index in [0.717, 1.165) is 6.42 Å². The van der Waals surface area contributed by atoms with Gasteiger partial charge >= 0.3 is 0 Å². The molecule has 2 N–H and O–H groups in total. The minimum Gasteiger partial charge on any atom is -0.326 e. The molecule has 0 aliphatic rings. The minimum absolute atomic E-state index is 0.143. The van der Waals surface area contributed by atoms with Crippen LogP contribution in [-0.4, -0.2) is 24.0 Å². The molecule has 1 aromatic heterocycles. The Labute approximate surface area is 111 Å². The molecule has 1 heterocycles. The standard InChI is InChI=1S/C12H21BrN2S/c1-5-8(2)15(4)12(9(3)14)10-6-7-11(13)16-10/h6-9,12H,5,14H2,1-4H3. The first kappa shape index (κ1) is 14.2. The summed E-state index contributed by atoms with van der Waals surface area (Å²) in [6, 6.07) is 5.27. The molecule has 0 aromatic carbocycles. The molecule has 3 atom stereocenters. The van der Waals surface area contributed by atoms with Crippen LogP contribution < -0.4 is 5.73 Å². The average molecular weight is 305 g/mol. The fourth-order valence-corrected chi connectivity index (χ4v) is 3.57. The highest BCUT2D eigenvalue weighted by Gasteiger charge is 2.25. The van der Waals surface area contributed by atoms with Crippen molar-refractivity contribution in [3.05, 3.63) is 20.8 Å². The van der Waals surface area contributed by atoms with Crippen LogP contribution in [0, 0.1) is 0 Å². The van der Waals surface area contributed by atoms with Crippen molar-refractivity contribution in [2.45, 2.75) is 45.3 Å². The van der Waals surface area contributed by atoms with Crippen LogP contribution in [-0.2, 0) is 0 Å². The number of likely N-dealkylation sites (N-methyl/N-ethyl adjacent to an activating group) is 1. The Bertz CT molecular complexity index is 325. The van der Waals surface area contributed by atoms with Crippen molar-refractivity contribution in [3.8, 4) is 0 Å². The molecule has 4 heteroatoms. The van der Waals surface area contributed by atoms with E-state index in [1.54, 1.807) is 11.3 Å². The van der Waals surface area contributed by atoms with Crippen molar-refractivity contribution < 1.29 is 0 Å². The molecule has 2 nitrogen and oxygen atoms in total. The summed E-state index contributed by atoms with van der Waals surface area (Å²) in [4.78, 5) is 3.72. The zero-order chi connectivity index (χ0) is 12.3. The fraction of sp³-hybridized carbons (Fsp3) is 0.667. The van der Waals surface area contributed by atoms with E-state index in [1.807, 2.05) is 0 Å². The summed E-state index contributed by atoms with van der Waals surface area (Å²) in [5.74, 6) is 0. The van der Waals surface area contributed by atoms with Gasteiger partial charge in [-0.15, -0.1) is 11.3 Å². The van der Waals surface area contributed by atoms with E-state index in [1.165, 1.54) is 8.66 Å². The SMILES string of the molecule is CCC(C)N(C)C(c1ccc(Br)s1)C(C)N. The van der Waals surface area contributed by atoms with Gasteiger partial charge in [0, 0.05) is 17.0 Å². The molecular weight excluding hydrogens is 284 g/mol. The summed E-state index contributed by atoms with van der Waals surface area (Å²) in [6.45, 7) is 6.54. The van der Waals surface area contributed by atoms with Crippen molar-refractivity contribution >= 4 is 27.3 Å². The maximum absolute atomic E-state index is 6.12. The highest BCUT2D eigenvalue weighted by Crippen LogP contribution is 2.32. The Morgan fingerprint density at radius 3 is 2.44 bits per heavy atom. The second-order valence-corrected chi connectivity index (χ2v) is 6.86. The Balaban J connectivity index is 2.91. The van der Waals surface area contributed by atoms with E-state index in [0.29, 0.717) is 12.1 Å². The maximum atomic E-state index is 6.12. The van der Waals surface area contributed by atoms with E-state index in [2.05, 4.69) is 60.8 Å². The topological polar surface area (TPSA) is 29.3 Å². The molecule has 0 fully saturated rings. The number of hydrogen-bond donors (Lipinski definition) is 1. The first-order chi connectivity index (χ1) is 7.47. The van der Waals surface area contributed by atoms with Gasteiger partial charge in [0.05, 0.1) is 9.83 Å². The van der Waals surface area contributed by atoms with Crippen molar-refractivity contribution in [3.63, 3.8) is 0 Å². The molecule has 92 valence electrons. The first-order valence-electron chi connectivity index (χ1n) is 5.70. The van der Waals surface area contributed by atoms with Gasteiger partial charge in [-0.25, -0.2) is 0 Å². The zero-order valence-electron chi connectivity index (χ0n) is 10.4. The minimum atomic E-state index is 0.143. The number of halogens is 1. The Kier molecular flexibility index (Phi) is 5.44. The van der Waals surface area contributed by atoms with Crippen molar-refractivity contribution in [1.29, 1.82) is 0 Å². The predicted molar refractivity (Wildman–Crippen MR) is 75.9 cm³/mol. The molecule has 0 spiro atoms. The lowest BCUT2D eigenvalue weighted by Gasteiger charge is -2.34. The number of nitrogens with zero attached hydrogens (tertiary/aromatic N) is 1. The van der Waals surface area contributed by atoms with Crippen molar-refractivity contribution in [2.75, 3.05) is 7.05 Å². The van der Waals surface area contributed by atoms with Gasteiger partial charge in [-0.2, -0.15) is 0 Å². The summed E-state index contributed by atoms with van der Waals surface area (Å²) in [7, 11) is 2.16. The van der Waals surface area contributed by atoms with Crippen LogP contribution in [0.4, 0.5) is 0 Å². The highest BCUT2D eigenvalue weighted by atomic mass is 79.9. The average Bonchev–Trinajstić information content (AvgIpc) is 2.63. The molecule has 0 aliphatic carbocycles. The quantitative estimate of drug-likeness (QED) is 0.900. The van der Waals surface area contributed by atoms with Gasteiger partial charge < -0.3 is 5.73 Å². The third kappa shape index (κ3) is 3.29. The third-order valence-electron chi connectivity index (χ3n) is 3.11. The van der Waals surface area contributed by atoms with E-state index < -0.39 is 0 Å². The van der Waals surface area contributed by atoms with E-state index in [4.69, 9.17) is 5.73 Å². The van der Waals surface area contributed by atoms with Crippen molar-refractivity contribution in [2.24, 2.45) is 5.73 Å². The summed E-state index contributed by atoms with van der Waals surface area (Å²) < 4.78 is 1.17. The lowest BCUT2D eigenvalue weighted by molar-refractivity contribution is 0.164. The number of nitrogens with two attached hydrogens (primary N) is 1. The van der Waals surface area contributed by atoms with Gasteiger partial charge in [0.25, 0.3) is 0 Å². The molecule has 0 saturated carbocycles. The first-order valence-corrected chi connectivity index (χ1v) is 7.31. The van der Waals surface area contributed by atoms with Gasteiger partial charge in [0.2, 0.25) is 0 Å². The lowest BCUT2D eigenvalue weighted by atomic mass is 10.0. The Morgan fingerprint density at radius 2 is 2.06 bits per heavy atom. The van der Waals surface area contributed by atoms with Gasteiger partial charge in [-0.1, -0.05) is 6.92 Å². The summed E-state index contributed by atoms with van der Waals surface area (Å²) >= 11 is 5.29. The largest absolute Gasteiger partial charge is 0.326 e. The fourth-order valence-electron chi connectivity index (χ4n) is 1.88. The smallest absolute Gasteiger partial charge is 0.0702 e. The number of rotatable bonds is 5. The monoisotopic (exact) mass is 304 g/mol. The normalized spacial score (nSPS) is 17.4. The second kappa shape index (κ2) is 6.15. The summed E-state index contributed by atoms with van der Waals surface area (Å²) in [5.41, 5.74) is 6.12. The number of hydrogen-bond acceptors (Lipinski definition) is 3. The van der Waals surface area contributed by atoms with Crippen LogP contribution in [0.3, 0.4) is 0 Å². The van der Waals surface area contributed by atoms with Crippen LogP contribution in [0.15, 0.2) is 15.9 Å². The molecular formula is C12H21BrN2S. The van der Waals surface area contributed by atoms with Gasteiger partial charge in [0.15, 0.2) is 0 Å². The van der Waals surface area contributed by atoms with Gasteiger partial charge in [-0.05, 0) is 55.4 Å². The molecule has 16 heavy (non-hydrogen) atoms. The Hall–Kier alpha value is 0.1000. The zero-order valence-corrected chi connectivity index (χ0v) is 12.8. The van der Waals surface area contributed by atoms with Crippen LogP contribution >= 0.6 is 27.3 Å². The summed E-state index contributed by atoms with van der Waals surface area (Å²) in [5, 5.41) is 0. The van der Waals surface area contributed by atoms with E-state index in [-0.39, 0.29) is 6.04 Å². The van der Waals surface area contributed by atoms with Gasteiger partial charge in [-0.3, -0.25) is 4.90 Å². The molecule has 1 aromatic rings. The van der Waals surface area contributed by atoms with Crippen LogP contribution in [0.2, 0.25) is 0 Å². The molecule has 1 rings (SSSR count). The molecule has 3 unspecified atom stereocenters. The van der Waals surface area contributed by atoms with Crippen LogP contribution in [0.25, 0.3) is 0 Å². The molecule has 0 aliphatic heterocycles. The summed E-state index contributed by atoms with van der Waals surface area (Å²) in [6.07, 6.45) is 1.15. The van der Waals surface area contributed by atoms with E-state index >= 15 is 0 Å². The van der Waals surface area contributed by atoms with Crippen LogP contribution in [0.5, 0.6) is 0 Å². The maximum Gasteiger partial charge on any atom is 0.0702 e. The molecule has 0 radical (unpaired) electrons. The molecule has 0 bridgehead atoms. The molecule has 0 saturated heterocycles. The number of thiophene rings is 1. The van der Waals surface area contributed by atoms with Crippen molar-refractivity contribution in [1.82, 2.24) is 4.90 Å². The van der Waals surface area contributed by atoms with Crippen LogP contribution in [0.1, 0.15) is 38.1 Å². The van der Waals surface area contributed by atoms with E-state index in [9.17, 15) is 0 Å². The lowest BCUT2D eigenvalue weighted by Crippen LogP contribution is -2.41. The molecule has 0 amide bonds.